The minimum Gasteiger partial charge on any atom is -0.327 e. The maximum Gasteiger partial charge on any atom is 0.150 e. The summed E-state index contributed by atoms with van der Waals surface area (Å²) >= 11 is 0. The monoisotopic (exact) mass is 482 g/mol. The summed E-state index contributed by atoms with van der Waals surface area (Å²) in [6.45, 7) is 3.51. The summed E-state index contributed by atoms with van der Waals surface area (Å²) in [7, 11) is 17.0. The van der Waals surface area contributed by atoms with Crippen LogP contribution in [0.5, 0.6) is 0 Å². The third kappa shape index (κ3) is 8.02. The molecule has 7 nitrogen and oxygen atoms in total. The molecular formula is C28H40N3O4+3. The van der Waals surface area contributed by atoms with Crippen LogP contribution in [0.15, 0.2) is 24.3 Å². The van der Waals surface area contributed by atoms with E-state index >= 15 is 0 Å². The van der Waals surface area contributed by atoms with Crippen LogP contribution in [0.25, 0.3) is 0 Å². The zero-order valence-electron chi connectivity index (χ0n) is 22.4. The van der Waals surface area contributed by atoms with E-state index in [0.717, 1.165) is 75.9 Å². The molecule has 0 fully saturated rings. The minimum absolute atomic E-state index is 0.480. The third-order valence-electron chi connectivity index (χ3n) is 5.80. The summed E-state index contributed by atoms with van der Waals surface area (Å²) in [5.41, 5.74) is 6.62. The number of benzene rings is 2. The van der Waals surface area contributed by atoms with E-state index in [9.17, 15) is 19.2 Å². The molecule has 0 amide bonds. The van der Waals surface area contributed by atoms with Gasteiger partial charge in [-0.3, -0.25) is 19.2 Å². The molecule has 3 rings (SSSR count). The van der Waals surface area contributed by atoms with Crippen LogP contribution in [0, 0.1) is 0 Å². The predicted molar refractivity (Wildman–Crippen MR) is 137 cm³/mol. The van der Waals surface area contributed by atoms with E-state index < -0.39 is 0 Å². The Labute approximate surface area is 209 Å². The van der Waals surface area contributed by atoms with Gasteiger partial charge in [0.05, 0.1) is 56.4 Å². The van der Waals surface area contributed by atoms with Crippen LogP contribution < -0.4 is 0 Å². The number of rotatable bonds is 8. The van der Waals surface area contributed by atoms with Gasteiger partial charge in [-0.05, 0) is 24.3 Å². The first-order valence-corrected chi connectivity index (χ1v) is 11.7. The van der Waals surface area contributed by atoms with Crippen LogP contribution in [0.2, 0.25) is 0 Å². The maximum atomic E-state index is 11.1. The molecule has 1 aliphatic heterocycles. The highest BCUT2D eigenvalue weighted by molar-refractivity contribution is 5.91. The van der Waals surface area contributed by atoms with Crippen molar-refractivity contribution in [2.24, 2.45) is 0 Å². The molecule has 2 aromatic carbocycles. The standard InChI is InChI=1S/C16H26N2O2.C12H14NO2/c1-17(2,3)9-13-7-15(11-19)16(12-20)8-14(13)10-18(4,5)6;1-13(2)5-9-3-11(7-14)12(8-15)4-10(9)6-13/h7-8,11-12H,9-10H2,1-6H3;3-4,7-8H,5-6H2,1-2H3/q+2;+1. The predicted octanol–water partition coefficient (Wildman–Crippen LogP) is 3.13. The molecule has 7 heteroatoms. The molecule has 35 heavy (non-hydrogen) atoms. The van der Waals surface area contributed by atoms with Crippen molar-refractivity contribution in [2.45, 2.75) is 26.2 Å². The summed E-state index contributed by atoms with van der Waals surface area (Å²) < 4.78 is 2.45. The first-order valence-electron chi connectivity index (χ1n) is 11.7. The molecule has 0 radical (unpaired) electrons. The van der Waals surface area contributed by atoms with Crippen LogP contribution in [0.1, 0.15) is 63.7 Å². The van der Waals surface area contributed by atoms with Crippen LogP contribution >= 0.6 is 0 Å². The normalized spacial score (nSPS) is 14.4. The molecule has 0 unspecified atom stereocenters. The second-order valence-electron chi connectivity index (χ2n) is 12.1. The molecule has 0 atom stereocenters. The fraction of sp³-hybridized carbons (Fsp3) is 0.429. The van der Waals surface area contributed by atoms with Gasteiger partial charge in [0.15, 0.2) is 25.1 Å². The maximum absolute atomic E-state index is 11.1. The molecule has 0 N–H and O–H groups in total. The lowest BCUT2D eigenvalue weighted by Crippen LogP contribution is -2.36. The topological polar surface area (TPSA) is 68.3 Å². The van der Waals surface area contributed by atoms with Gasteiger partial charge in [-0.2, -0.15) is 0 Å². The van der Waals surface area contributed by atoms with Crippen LogP contribution in [0.3, 0.4) is 0 Å². The third-order valence-corrected chi connectivity index (χ3v) is 5.80. The van der Waals surface area contributed by atoms with Gasteiger partial charge in [0, 0.05) is 44.5 Å². The average molecular weight is 483 g/mol. The Balaban J connectivity index is 0.000000256. The van der Waals surface area contributed by atoms with Crippen molar-refractivity contribution >= 4 is 25.1 Å². The summed E-state index contributed by atoms with van der Waals surface area (Å²) in [6.07, 6.45) is 3.03. The van der Waals surface area contributed by atoms with E-state index in [1.54, 1.807) is 0 Å². The number of carbonyl (C=O) groups is 4. The van der Waals surface area contributed by atoms with Crippen LogP contribution in [0.4, 0.5) is 0 Å². The van der Waals surface area contributed by atoms with Crippen molar-refractivity contribution in [3.8, 4) is 0 Å². The van der Waals surface area contributed by atoms with Gasteiger partial charge in [0.25, 0.3) is 0 Å². The van der Waals surface area contributed by atoms with Gasteiger partial charge in [0.1, 0.15) is 26.2 Å². The number of hydrogen-bond acceptors (Lipinski definition) is 4. The number of quaternary nitrogens is 3. The molecule has 1 aliphatic rings. The number of aldehydes is 4. The van der Waals surface area contributed by atoms with E-state index in [4.69, 9.17) is 0 Å². The van der Waals surface area contributed by atoms with Crippen molar-refractivity contribution in [3.63, 3.8) is 0 Å². The Morgan fingerprint density at radius 3 is 1.14 bits per heavy atom. The number of fused-ring (bicyclic) bond motifs is 1. The van der Waals surface area contributed by atoms with Crippen molar-refractivity contribution in [1.82, 2.24) is 0 Å². The molecule has 2 aromatic rings. The van der Waals surface area contributed by atoms with Gasteiger partial charge in [-0.25, -0.2) is 0 Å². The van der Waals surface area contributed by atoms with Crippen LogP contribution in [-0.4, -0.2) is 95.0 Å². The SMILES string of the molecule is C[N+](C)(C)Cc1cc(C=O)c(C=O)cc1C[N+](C)(C)C.C[N+]1(C)Cc2cc(C=O)c(C=O)cc2C1. The van der Waals surface area contributed by atoms with Crippen molar-refractivity contribution in [2.75, 3.05) is 56.4 Å². The molecule has 0 spiro atoms. The first kappa shape index (κ1) is 28.2. The molecule has 1 heterocycles. The Morgan fingerprint density at radius 2 is 0.886 bits per heavy atom. The van der Waals surface area contributed by atoms with E-state index in [1.807, 2.05) is 24.3 Å². The average Bonchev–Trinajstić information content (AvgIpc) is 3.04. The van der Waals surface area contributed by atoms with Crippen molar-refractivity contribution < 1.29 is 32.6 Å². The highest BCUT2D eigenvalue weighted by Crippen LogP contribution is 2.28. The fourth-order valence-corrected chi connectivity index (χ4v) is 4.45. The first-order chi connectivity index (χ1) is 16.1. The number of hydrogen-bond donors (Lipinski definition) is 0. The lowest BCUT2D eigenvalue weighted by Gasteiger charge is -2.29. The quantitative estimate of drug-likeness (QED) is 0.428. The van der Waals surface area contributed by atoms with E-state index in [1.165, 1.54) is 11.1 Å². The minimum atomic E-state index is 0.480. The zero-order valence-corrected chi connectivity index (χ0v) is 22.4. The fourth-order valence-electron chi connectivity index (χ4n) is 4.45. The number of carbonyl (C=O) groups excluding carboxylic acids is 4. The summed E-state index contributed by atoms with van der Waals surface area (Å²) in [5.74, 6) is 0. The van der Waals surface area contributed by atoms with Gasteiger partial charge >= 0.3 is 0 Å². The summed E-state index contributed by atoms with van der Waals surface area (Å²) in [5, 5.41) is 0. The molecule has 0 aliphatic carbocycles. The molecule has 188 valence electrons. The Morgan fingerprint density at radius 1 is 0.600 bits per heavy atom. The smallest absolute Gasteiger partial charge is 0.150 e. The highest BCUT2D eigenvalue weighted by atomic mass is 16.1. The van der Waals surface area contributed by atoms with Gasteiger partial charge in [-0.1, -0.05) is 0 Å². The van der Waals surface area contributed by atoms with E-state index in [2.05, 4.69) is 56.4 Å². The Hall–Kier alpha value is -3.00. The summed E-state index contributed by atoms with van der Waals surface area (Å²) in [6, 6.07) is 7.43. The molecular weight excluding hydrogens is 442 g/mol. The lowest BCUT2D eigenvalue weighted by molar-refractivity contribution is -0.910. The molecule has 0 aromatic heterocycles. The van der Waals surface area contributed by atoms with Crippen molar-refractivity contribution in [1.29, 1.82) is 0 Å². The van der Waals surface area contributed by atoms with E-state index in [-0.39, 0.29) is 0 Å². The lowest BCUT2D eigenvalue weighted by atomic mass is 9.98. The Kier molecular flexibility index (Phi) is 8.65. The number of nitrogens with zero attached hydrogens (tertiary/aromatic N) is 3. The molecule has 0 saturated heterocycles. The Bertz CT molecular complexity index is 1040. The summed E-state index contributed by atoms with van der Waals surface area (Å²) in [4.78, 5) is 43.8. The zero-order chi connectivity index (χ0) is 26.6. The van der Waals surface area contributed by atoms with Crippen molar-refractivity contribution in [3.05, 3.63) is 68.8 Å². The largest absolute Gasteiger partial charge is 0.327 e. The second-order valence-corrected chi connectivity index (χ2v) is 12.1. The highest BCUT2D eigenvalue weighted by Gasteiger charge is 2.28. The van der Waals surface area contributed by atoms with E-state index in [0.29, 0.717) is 22.3 Å². The van der Waals surface area contributed by atoms with Crippen LogP contribution in [-0.2, 0) is 26.2 Å². The molecule has 0 saturated carbocycles. The second kappa shape index (κ2) is 10.7. The van der Waals surface area contributed by atoms with Gasteiger partial charge < -0.3 is 13.4 Å². The van der Waals surface area contributed by atoms with Gasteiger partial charge in [-0.15, -0.1) is 0 Å². The van der Waals surface area contributed by atoms with Gasteiger partial charge in [0.2, 0.25) is 0 Å². The molecule has 0 bridgehead atoms.